The minimum Gasteiger partial charge on any atom is -0.375 e. The van der Waals surface area contributed by atoms with Crippen molar-refractivity contribution in [3.05, 3.63) is 59.5 Å². The molecule has 4 rings (SSSR count). The Labute approximate surface area is 223 Å². The number of anilines is 1. The molecule has 1 aromatic heterocycles. The van der Waals surface area contributed by atoms with E-state index in [1.54, 1.807) is 15.9 Å². The quantitative estimate of drug-likeness (QED) is 0.479. The number of nitrogens with zero attached hydrogens (tertiary/aromatic N) is 4. The van der Waals surface area contributed by atoms with E-state index in [2.05, 4.69) is 23.9 Å². The maximum Gasteiger partial charge on any atom is 0.252 e. The number of carbonyl (C=O) groups excluding carboxylic acids is 2. The number of hydrogen-bond acceptors (Lipinski definition) is 6. The maximum absolute atomic E-state index is 14.5. The van der Waals surface area contributed by atoms with Crippen molar-refractivity contribution in [2.45, 2.75) is 39.7 Å². The number of rotatable bonds is 6. The van der Waals surface area contributed by atoms with Gasteiger partial charge >= 0.3 is 0 Å². The molecule has 9 heteroatoms. The van der Waals surface area contributed by atoms with Crippen LogP contribution in [0.3, 0.4) is 0 Å². The number of amides is 2. The van der Waals surface area contributed by atoms with Crippen LogP contribution in [0.15, 0.2) is 47.0 Å². The lowest BCUT2D eigenvalue weighted by atomic mass is 10.1. The molecule has 0 N–H and O–H groups in total. The molecule has 1 aliphatic rings. The van der Waals surface area contributed by atoms with Crippen molar-refractivity contribution < 1.29 is 23.2 Å². The van der Waals surface area contributed by atoms with E-state index in [0.29, 0.717) is 41.5 Å². The third-order valence-electron chi connectivity index (χ3n) is 6.77. The van der Waals surface area contributed by atoms with Crippen LogP contribution in [0.5, 0.6) is 0 Å². The van der Waals surface area contributed by atoms with Crippen molar-refractivity contribution in [1.82, 2.24) is 15.0 Å². The van der Waals surface area contributed by atoms with Crippen molar-refractivity contribution in [1.29, 1.82) is 0 Å². The van der Waals surface area contributed by atoms with E-state index in [0.717, 1.165) is 37.9 Å². The molecule has 0 fully saturated rings. The van der Waals surface area contributed by atoms with E-state index in [1.165, 1.54) is 19.2 Å². The minimum atomic E-state index is -0.409. The summed E-state index contributed by atoms with van der Waals surface area (Å²) in [6, 6.07) is 11.9. The molecule has 0 radical (unpaired) electrons. The summed E-state index contributed by atoms with van der Waals surface area (Å²) in [5.41, 5.74) is 2.41. The standard InChI is InChI=1S/C29H37FN4O4/c1-21(2)18-32-12-6-14-33(28(35)17-25-24-8-4-5-9-27(24)38-31-25)19-22-16-23(30)10-11-26(22)34(15-7-13-32)29(36)20-37-3/h4-5,8-11,16,21H,6-7,12-15,17-20H2,1-3H3. The molecule has 38 heavy (non-hydrogen) atoms. The lowest BCUT2D eigenvalue weighted by Crippen LogP contribution is -2.41. The predicted octanol–water partition coefficient (Wildman–Crippen LogP) is 4.27. The van der Waals surface area contributed by atoms with Crippen LogP contribution in [-0.4, -0.2) is 73.2 Å². The number of para-hydroxylation sites is 1. The fourth-order valence-electron chi connectivity index (χ4n) is 5.09. The Balaban J connectivity index is 1.66. The van der Waals surface area contributed by atoms with Gasteiger partial charge in [-0.2, -0.15) is 0 Å². The van der Waals surface area contributed by atoms with Crippen molar-refractivity contribution >= 4 is 28.5 Å². The zero-order valence-electron chi connectivity index (χ0n) is 22.5. The van der Waals surface area contributed by atoms with Gasteiger partial charge in [0.05, 0.1) is 6.42 Å². The number of methoxy groups -OCH3 is 1. The molecule has 3 aromatic rings. The molecular weight excluding hydrogens is 487 g/mol. The lowest BCUT2D eigenvalue weighted by molar-refractivity contribution is -0.131. The highest BCUT2D eigenvalue weighted by Gasteiger charge is 2.24. The fourth-order valence-corrected chi connectivity index (χ4v) is 5.09. The number of ether oxygens (including phenoxy) is 1. The first-order chi connectivity index (χ1) is 18.4. The van der Waals surface area contributed by atoms with E-state index in [9.17, 15) is 14.0 Å². The summed E-state index contributed by atoms with van der Waals surface area (Å²) in [6.07, 6.45) is 1.64. The Morgan fingerprint density at radius 1 is 1.05 bits per heavy atom. The van der Waals surface area contributed by atoms with Gasteiger partial charge in [0.2, 0.25) is 5.91 Å². The van der Waals surface area contributed by atoms with Gasteiger partial charge in [-0.05, 0) is 67.7 Å². The zero-order chi connectivity index (χ0) is 27.1. The predicted molar refractivity (Wildman–Crippen MR) is 144 cm³/mol. The third kappa shape index (κ3) is 6.96. The van der Waals surface area contributed by atoms with Crippen LogP contribution in [0.1, 0.15) is 37.9 Å². The summed E-state index contributed by atoms with van der Waals surface area (Å²) in [5, 5.41) is 4.94. The van der Waals surface area contributed by atoms with Gasteiger partial charge in [0.1, 0.15) is 18.1 Å². The van der Waals surface area contributed by atoms with Gasteiger partial charge < -0.3 is 24.0 Å². The first-order valence-corrected chi connectivity index (χ1v) is 13.3. The smallest absolute Gasteiger partial charge is 0.252 e. The highest BCUT2D eigenvalue weighted by molar-refractivity contribution is 5.95. The van der Waals surface area contributed by atoms with Crippen LogP contribution in [0.25, 0.3) is 11.0 Å². The van der Waals surface area contributed by atoms with Gasteiger partial charge in [-0.3, -0.25) is 9.59 Å². The lowest BCUT2D eigenvalue weighted by Gasteiger charge is -2.32. The Hall–Kier alpha value is -3.30. The van der Waals surface area contributed by atoms with Crippen LogP contribution in [0.4, 0.5) is 10.1 Å². The summed E-state index contributed by atoms with van der Waals surface area (Å²) in [6.45, 7) is 8.06. The first-order valence-electron chi connectivity index (χ1n) is 13.3. The number of aromatic nitrogens is 1. The Bertz CT molecular complexity index is 1240. The van der Waals surface area contributed by atoms with Gasteiger partial charge in [-0.1, -0.05) is 31.1 Å². The number of halogens is 1. The van der Waals surface area contributed by atoms with Crippen molar-refractivity contribution in [3.8, 4) is 0 Å². The molecule has 0 unspecified atom stereocenters. The van der Waals surface area contributed by atoms with Crippen molar-refractivity contribution in [2.24, 2.45) is 5.92 Å². The summed E-state index contributed by atoms with van der Waals surface area (Å²) in [4.78, 5) is 32.5. The Morgan fingerprint density at radius 2 is 1.82 bits per heavy atom. The maximum atomic E-state index is 14.5. The molecule has 8 nitrogen and oxygen atoms in total. The van der Waals surface area contributed by atoms with E-state index >= 15 is 0 Å². The molecule has 204 valence electrons. The first kappa shape index (κ1) is 27.7. The van der Waals surface area contributed by atoms with E-state index in [-0.39, 0.29) is 31.4 Å². The normalized spacial score (nSPS) is 15.8. The molecule has 0 spiro atoms. The van der Waals surface area contributed by atoms with Crippen LogP contribution in [-0.2, 0) is 27.3 Å². The second-order valence-electron chi connectivity index (χ2n) is 10.3. The largest absolute Gasteiger partial charge is 0.375 e. The second kappa shape index (κ2) is 13.0. The molecule has 0 atom stereocenters. The Kier molecular flexibility index (Phi) is 9.47. The molecule has 0 aliphatic carbocycles. The SMILES string of the molecule is COCC(=O)N1CCCN(CC(C)C)CCCN(C(=O)Cc2noc3ccccc23)Cc2cc(F)ccc21. The van der Waals surface area contributed by atoms with E-state index in [4.69, 9.17) is 9.26 Å². The van der Waals surface area contributed by atoms with Gasteiger partial charge in [0, 0.05) is 44.4 Å². The molecule has 1 aliphatic heterocycles. The summed E-state index contributed by atoms with van der Waals surface area (Å²) in [7, 11) is 1.48. The minimum absolute atomic E-state index is 0.0731. The van der Waals surface area contributed by atoms with Gasteiger partial charge in [0.15, 0.2) is 5.58 Å². The average Bonchev–Trinajstić information content (AvgIpc) is 3.28. The highest BCUT2D eigenvalue weighted by Crippen LogP contribution is 2.26. The molecule has 2 aromatic carbocycles. The average molecular weight is 525 g/mol. The molecule has 2 heterocycles. The molecule has 0 saturated heterocycles. The van der Waals surface area contributed by atoms with Gasteiger partial charge in [-0.15, -0.1) is 0 Å². The third-order valence-corrected chi connectivity index (χ3v) is 6.77. The van der Waals surface area contributed by atoms with Crippen LogP contribution < -0.4 is 4.90 Å². The zero-order valence-corrected chi connectivity index (χ0v) is 22.5. The fraction of sp³-hybridized carbons (Fsp3) is 0.483. The van der Waals surface area contributed by atoms with Crippen LogP contribution in [0, 0.1) is 11.7 Å². The van der Waals surface area contributed by atoms with Crippen molar-refractivity contribution in [2.75, 3.05) is 51.3 Å². The molecule has 2 amide bonds. The van der Waals surface area contributed by atoms with Gasteiger partial charge in [0.25, 0.3) is 5.91 Å². The van der Waals surface area contributed by atoms with E-state index in [1.807, 2.05) is 24.3 Å². The number of fused-ring (bicyclic) bond motifs is 2. The second-order valence-corrected chi connectivity index (χ2v) is 10.3. The molecule has 0 saturated carbocycles. The topological polar surface area (TPSA) is 79.1 Å². The van der Waals surface area contributed by atoms with Crippen molar-refractivity contribution in [3.63, 3.8) is 0 Å². The summed E-state index contributed by atoms with van der Waals surface area (Å²) < 4.78 is 25.0. The van der Waals surface area contributed by atoms with Gasteiger partial charge in [-0.25, -0.2) is 4.39 Å². The van der Waals surface area contributed by atoms with E-state index < -0.39 is 5.82 Å². The highest BCUT2D eigenvalue weighted by atomic mass is 19.1. The monoisotopic (exact) mass is 524 g/mol. The number of hydrogen-bond donors (Lipinski definition) is 0. The summed E-state index contributed by atoms with van der Waals surface area (Å²) >= 11 is 0. The number of benzene rings is 2. The molecular formula is C29H37FN4O4. The summed E-state index contributed by atoms with van der Waals surface area (Å²) in [5.74, 6) is -0.231. The van der Waals surface area contributed by atoms with Crippen LogP contribution in [0.2, 0.25) is 0 Å². The number of carbonyl (C=O) groups is 2. The Morgan fingerprint density at radius 3 is 2.58 bits per heavy atom. The molecule has 0 bridgehead atoms. The van der Waals surface area contributed by atoms with Crippen LogP contribution >= 0.6 is 0 Å².